The fourth-order valence-corrected chi connectivity index (χ4v) is 1.29. The van der Waals surface area contributed by atoms with Gasteiger partial charge in [0, 0.05) is 12.6 Å². The van der Waals surface area contributed by atoms with Crippen molar-refractivity contribution in [3.05, 3.63) is 11.9 Å². The summed E-state index contributed by atoms with van der Waals surface area (Å²) >= 11 is 0. The Morgan fingerprint density at radius 1 is 1.29 bits per heavy atom. The maximum absolute atomic E-state index is 5.86. The summed E-state index contributed by atoms with van der Waals surface area (Å²) in [4.78, 5) is 8.63. The van der Waals surface area contributed by atoms with Crippen LogP contribution in [-0.4, -0.2) is 22.1 Å². The van der Waals surface area contributed by atoms with E-state index in [4.69, 9.17) is 4.74 Å². The van der Waals surface area contributed by atoms with Gasteiger partial charge in [-0.15, -0.1) is 0 Å². The summed E-state index contributed by atoms with van der Waals surface area (Å²) in [6, 6.07) is 1.86. The van der Waals surface area contributed by atoms with Crippen molar-refractivity contribution < 1.29 is 4.74 Å². The average molecular weight is 237 g/mol. The molecule has 4 nitrogen and oxygen atoms in total. The lowest BCUT2D eigenvalue weighted by molar-refractivity contribution is 0.0987. The highest BCUT2D eigenvalue weighted by Gasteiger charge is 2.18. The van der Waals surface area contributed by atoms with E-state index in [-0.39, 0.29) is 5.60 Å². The lowest BCUT2D eigenvalue weighted by atomic mass is 10.1. The van der Waals surface area contributed by atoms with Crippen LogP contribution in [0.1, 0.15) is 46.4 Å². The van der Waals surface area contributed by atoms with Crippen LogP contribution in [0.25, 0.3) is 0 Å². The molecule has 96 valence electrons. The molecule has 0 atom stereocenters. The number of aryl methyl sites for hydroxylation is 1. The van der Waals surface area contributed by atoms with Gasteiger partial charge in [-0.1, -0.05) is 13.8 Å². The van der Waals surface area contributed by atoms with E-state index in [1.165, 1.54) is 0 Å². The van der Waals surface area contributed by atoms with Gasteiger partial charge in [0.15, 0.2) is 0 Å². The van der Waals surface area contributed by atoms with Crippen molar-refractivity contribution in [2.45, 2.75) is 53.1 Å². The van der Waals surface area contributed by atoms with E-state index in [9.17, 15) is 0 Å². The van der Waals surface area contributed by atoms with Crippen LogP contribution < -0.4 is 10.1 Å². The third kappa shape index (κ3) is 4.59. The van der Waals surface area contributed by atoms with Crippen LogP contribution in [0.15, 0.2) is 6.07 Å². The van der Waals surface area contributed by atoms with E-state index in [1.54, 1.807) is 0 Å². The first-order chi connectivity index (χ1) is 7.96. The molecule has 0 radical (unpaired) electrons. The Morgan fingerprint density at radius 2 is 2.00 bits per heavy atom. The zero-order chi connectivity index (χ0) is 12.9. The van der Waals surface area contributed by atoms with Crippen LogP contribution >= 0.6 is 0 Å². The topological polar surface area (TPSA) is 47.0 Å². The van der Waals surface area contributed by atoms with Gasteiger partial charge in [0.1, 0.15) is 17.2 Å². The summed E-state index contributed by atoms with van der Waals surface area (Å²) in [5.74, 6) is 2.21. The second-order valence-corrected chi connectivity index (χ2v) is 4.78. The van der Waals surface area contributed by atoms with Gasteiger partial charge in [-0.25, -0.2) is 4.98 Å². The molecule has 0 aliphatic rings. The lowest BCUT2D eigenvalue weighted by Gasteiger charge is -2.24. The number of aromatic nitrogens is 2. The minimum Gasteiger partial charge on any atom is -0.472 e. The van der Waals surface area contributed by atoms with Crippen LogP contribution in [0, 0.1) is 6.92 Å². The Labute approximate surface area is 104 Å². The summed E-state index contributed by atoms with van der Waals surface area (Å²) in [7, 11) is 0. The van der Waals surface area contributed by atoms with E-state index in [0.29, 0.717) is 5.88 Å². The predicted octanol–water partition coefficient (Wildman–Crippen LogP) is 3.17. The molecule has 1 heterocycles. The summed E-state index contributed by atoms with van der Waals surface area (Å²) in [6.45, 7) is 11.1. The third-order valence-corrected chi connectivity index (χ3v) is 2.60. The zero-order valence-electron chi connectivity index (χ0n) is 11.5. The van der Waals surface area contributed by atoms with Crippen molar-refractivity contribution in [2.75, 3.05) is 11.9 Å². The van der Waals surface area contributed by atoms with E-state index >= 15 is 0 Å². The molecule has 0 spiro atoms. The number of hydrogen-bond donors (Lipinski definition) is 1. The first-order valence-electron chi connectivity index (χ1n) is 6.25. The highest BCUT2D eigenvalue weighted by atomic mass is 16.5. The molecule has 0 aromatic carbocycles. The highest BCUT2D eigenvalue weighted by molar-refractivity contribution is 5.38. The van der Waals surface area contributed by atoms with Crippen molar-refractivity contribution in [3.63, 3.8) is 0 Å². The van der Waals surface area contributed by atoms with Gasteiger partial charge < -0.3 is 10.1 Å². The van der Waals surface area contributed by atoms with Gasteiger partial charge in [0.2, 0.25) is 5.88 Å². The fraction of sp³-hybridized carbons (Fsp3) is 0.692. The molecule has 0 amide bonds. The number of hydrogen-bond acceptors (Lipinski definition) is 4. The fourth-order valence-electron chi connectivity index (χ4n) is 1.29. The molecule has 4 heteroatoms. The van der Waals surface area contributed by atoms with Crippen LogP contribution in [0.4, 0.5) is 5.82 Å². The quantitative estimate of drug-likeness (QED) is 0.825. The van der Waals surface area contributed by atoms with Crippen molar-refractivity contribution in [1.82, 2.24) is 9.97 Å². The van der Waals surface area contributed by atoms with Gasteiger partial charge in [-0.05, 0) is 33.6 Å². The Hall–Kier alpha value is -1.32. The van der Waals surface area contributed by atoms with Crippen molar-refractivity contribution in [3.8, 4) is 5.88 Å². The minimum absolute atomic E-state index is 0.192. The molecule has 1 aromatic rings. The smallest absolute Gasteiger partial charge is 0.219 e. The van der Waals surface area contributed by atoms with Gasteiger partial charge in [-0.3, -0.25) is 0 Å². The summed E-state index contributed by atoms with van der Waals surface area (Å²) in [5.41, 5.74) is -0.192. The van der Waals surface area contributed by atoms with Crippen LogP contribution in [0.3, 0.4) is 0 Å². The largest absolute Gasteiger partial charge is 0.472 e. The maximum atomic E-state index is 5.86. The van der Waals surface area contributed by atoms with Gasteiger partial charge in [-0.2, -0.15) is 4.98 Å². The highest BCUT2D eigenvalue weighted by Crippen LogP contribution is 2.21. The van der Waals surface area contributed by atoms with E-state index < -0.39 is 0 Å². The van der Waals surface area contributed by atoms with Crippen molar-refractivity contribution in [2.24, 2.45) is 0 Å². The van der Waals surface area contributed by atoms with Crippen molar-refractivity contribution >= 4 is 5.82 Å². The Kier molecular flexibility index (Phi) is 4.73. The first kappa shape index (κ1) is 13.7. The number of nitrogens with one attached hydrogen (secondary N) is 1. The van der Waals surface area contributed by atoms with Gasteiger partial charge >= 0.3 is 0 Å². The maximum Gasteiger partial charge on any atom is 0.219 e. The molecule has 0 unspecified atom stereocenters. The SMILES string of the molecule is CCCNc1cc(OC(C)(C)CC)nc(C)n1. The second kappa shape index (κ2) is 5.84. The first-order valence-corrected chi connectivity index (χ1v) is 6.25. The molecule has 1 N–H and O–H groups in total. The molecule has 0 fully saturated rings. The number of anilines is 1. The standard InChI is InChI=1S/C13H23N3O/c1-6-8-14-11-9-12(16-10(3)15-11)17-13(4,5)7-2/h9H,6-8H2,1-5H3,(H,14,15,16). The number of rotatable bonds is 6. The monoisotopic (exact) mass is 237 g/mol. The molecule has 0 saturated heterocycles. The van der Waals surface area contributed by atoms with Crippen molar-refractivity contribution in [1.29, 1.82) is 0 Å². The molecular formula is C13H23N3O. The molecule has 0 aliphatic carbocycles. The summed E-state index contributed by atoms with van der Waals surface area (Å²) < 4.78 is 5.86. The Balaban J connectivity index is 2.82. The second-order valence-electron chi connectivity index (χ2n) is 4.78. The summed E-state index contributed by atoms with van der Waals surface area (Å²) in [5, 5.41) is 3.25. The lowest BCUT2D eigenvalue weighted by Crippen LogP contribution is -2.27. The molecule has 1 rings (SSSR count). The molecule has 1 aromatic heterocycles. The van der Waals surface area contributed by atoms with Gasteiger partial charge in [0.05, 0.1) is 0 Å². The average Bonchev–Trinajstić information content (AvgIpc) is 2.25. The molecule has 0 aliphatic heterocycles. The molecule has 0 saturated carbocycles. The van der Waals surface area contributed by atoms with Gasteiger partial charge in [0.25, 0.3) is 0 Å². The van der Waals surface area contributed by atoms with E-state index in [0.717, 1.165) is 31.0 Å². The molecule has 17 heavy (non-hydrogen) atoms. The normalized spacial score (nSPS) is 11.4. The molecular weight excluding hydrogens is 214 g/mol. The number of ether oxygens (including phenoxy) is 1. The Bertz CT molecular complexity index is 364. The Morgan fingerprint density at radius 3 is 2.59 bits per heavy atom. The van der Waals surface area contributed by atoms with Crippen LogP contribution in [-0.2, 0) is 0 Å². The van der Waals surface area contributed by atoms with Crippen LogP contribution in [0.5, 0.6) is 5.88 Å². The zero-order valence-corrected chi connectivity index (χ0v) is 11.5. The van der Waals surface area contributed by atoms with Crippen LogP contribution in [0.2, 0.25) is 0 Å². The minimum atomic E-state index is -0.192. The molecule has 0 bridgehead atoms. The predicted molar refractivity (Wildman–Crippen MR) is 70.5 cm³/mol. The number of nitrogens with zero attached hydrogens (tertiary/aromatic N) is 2. The van der Waals surface area contributed by atoms with E-state index in [1.807, 2.05) is 13.0 Å². The third-order valence-electron chi connectivity index (χ3n) is 2.60. The van der Waals surface area contributed by atoms with E-state index in [2.05, 4.69) is 43.0 Å². The summed E-state index contributed by atoms with van der Waals surface area (Å²) in [6.07, 6.45) is 2.01.